The predicted octanol–water partition coefficient (Wildman–Crippen LogP) is 4.95. The first-order valence-corrected chi connectivity index (χ1v) is 9.31. The molecule has 150 valence electrons. The molecule has 1 aromatic heterocycles. The highest BCUT2D eigenvalue weighted by molar-refractivity contribution is 6.31. The Bertz CT molecular complexity index is 865. The summed E-state index contributed by atoms with van der Waals surface area (Å²) in [7, 11) is 0. The molecule has 2 aromatic rings. The molecule has 1 saturated heterocycles. The van der Waals surface area contributed by atoms with Crippen LogP contribution in [0.1, 0.15) is 41.4 Å². The molecule has 3 rings (SSSR count). The molecule has 0 aliphatic carbocycles. The monoisotopic (exact) mass is 412 g/mol. The zero-order valence-corrected chi connectivity index (χ0v) is 16.0. The van der Waals surface area contributed by atoms with Crippen molar-refractivity contribution in [1.29, 1.82) is 0 Å². The summed E-state index contributed by atoms with van der Waals surface area (Å²) < 4.78 is 39.8. The van der Waals surface area contributed by atoms with Gasteiger partial charge in [0.15, 0.2) is 0 Å². The molecule has 8 heteroatoms. The molecule has 4 nitrogen and oxygen atoms in total. The summed E-state index contributed by atoms with van der Waals surface area (Å²) in [6.45, 7) is 2.68. The minimum atomic E-state index is -4.49. The highest BCUT2D eigenvalue weighted by atomic mass is 35.5. The quantitative estimate of drug-likeness (QED) is 0.772. The highest BCUT2D eigenvalue weighted by Crippen LogP contribution is 2.39. The molecule has 1 aliphatic rings. The normalized spacial score (nSPS) is 17.5. The van der Waals surface area contributed by atoms with Crippen molar-refractivity contribution >= 4 is 17.6 Å². The Morgan fingerprint density at radius 1 is 1.25 bits per heavy atom. The van der Waals surface area contributed by atoms with Crippen LogP contribution in [0, 0.1) is 12.8 Å². The number of nitrogens with zero attached hydrogens (tertiary/aromatic N) is 2. The van der Waals surface area contributed by atoms with Crippen molar-refractivity contribution in [2.24, 2.45) is 5.92 Å². The number of aliphatic carboxylic acids is 1. The number of likely N-dealkylation sites (tertiary alicyclic amines) is 1. The van der Waals surface area contributed by atoms with Gasteiger partial charge in [0, 0.05) is 10.7 Å². The van der Waals surface area contributed by atoms with E-state index in [9.17, 15) is 23.1 Å². The van der Waals surface area contributed by atoms with Gasteiger partial charge in [-0.15, -0.1) is 0 Å². The van der Waals surface area contributed by atoms with Crippen molar-refractivity contribution in [2.75, 3.05) is 13.1 Å². The van der Waals surface area contributed by atoms with E-state index < -0.39 is 29.7 Å². The topological polar surface area (TPSA) is 53.4 Å². The van der Waals surface area contributed by atoms with Crippen LogP contribution in [0.15, 0.2) is 36.4 Å². The first-order valence-electron chi connectivity index (χ1n) is 8.94. The number of alkyl halides is 3. The van der Waals surface area contributed by atoms with E-state index in [0.717, 1.165) is 17.8 Å². The molecule has 1 N–H and O–H groups in total. The lowest BCUT2D eigenvalue weighted by atomic mass is 9.92. The van der Waals surface area contributed by atoms with E-state index in [1.807, 2.05) is 17.9 Å². The minimum Gasteiger partial charge on any atom is -0.481 e. The van der Waals surface area contributed by atoms with E-state index in [4.69, 9.17) is 11.6 Å². The van der Waals surface area contributed by atoms with E-state index in [1.54, 1.807) is 12.1 Å². The van der Waals surface area contributed by atoms with Gasteiger partial charge in [-0.05, 0) is 68.8 Å². The summed E-state index contributed by atoms with van der Waals surface area (Å²) in [6, 6.07) is 8.08. The number of piperidine rings is 1. The van der Waals surface area contributed by atoms with Crippen molar-refractivity contribution in [2.45, 2.75) is 32.0 Å². The van der Waals surface area contributed by atoms with Crippen LogP contribution >= 0.6 is 11.6 Å². The largest absolute Gasteiger partial charge is 0.481 e. The summed E-state index contributed by atoms with van der Waals surface area (Å²) in [4.78, 5) is 17.7. The van der Waals surface area contributed by atoms with E-state index >= 15 is 0 Å². The van der Waals surface area contributed by atoms with Crippen molar-refractivity contribution in [3.8, 4) is 0 Å². The Morgan fingerprint density at radius 3 is 2.50 bits per heavy atom. The van der Waals surface area contributed by atoms with E-state index in [1.165, 1.54) is 6.07 Å². The van der Waals surface area contributed by atoms with Crippen LogP contribution in [0.25, 0.3) is 0 Å². The number of aryl methyl sites for hydroxylation is 1. The number of halogens is 4. The van der Waals surface area contributed by atoms with E-state index in [0.29, 0.717) is 37.2 Å². The second-order valence-electron chi connectivity index (χ2n) is 6.99. The SMILES string of the molecule is Cc1cccc(C(c2cc(C(F)(F)F)ccc2Cl)N2CCC(C(=O)O)CC2)n1. The molecule has 1 fully saturated rings. The number of pyridine rings is 1. The summed E-state index contributed by atoms with van der Waals surface area (Å²) in [5, 5.41) is 9.45. The van der Waals surface area contributed by atoms with Gasteiger partial charge in [-0.1, -0.05) is 17.7 Å². The van der Waals surface area contributed by atoms with Crippen LogP contribution < -0.4 is 0 Å². The molecule has 0 spiro atoms. The first-order chi connectivity index (χ1) is 13.2. The molecule has 0 radical (unpaired) electrons. The maximum atomic E-state index is 13.3. The Balaban J connectivity index is 2.04. The van der Waals surface area contributed by atoms with Crippen LogP contribution in [0.3, 0.4) is 0 Å². The van der Waals surface area contributed by atoms with Crippen molar-refractivity contribution in [3.63, 3.8) is 0 Å². The fourth-order valence-corrected chi connectivity index (χ4v) is 3.81. The van der Waals surface area contributed by atoms with Crippen LogP contribution in [-0.2, 0) is 11.0 Å². The van der Waals surface area contributed by atoms with Gasteiger partial charge < -0.3 is 5.11 Å². The van der Waals surface area contributed by atoms with Gasteiger partial charge in [0.25, 0.3) is 0 Å². The van der Waals surface area contributed by atoms with Crippen molar-refractivity contribution < 1.29 is 23.1 Å². The highest BCUT2D eigenvalue weighted by Gasteiger charge is 2.35. The van der Waals surface area contributed by atoms with Crippen LogP contribution in [0.2, 0.25) is 5.02 Å². The Morgan fingerprint density at radius 2 is 1.93 bits per heavy atom. The summed E-state index contributed by atoms with van der Waals surface area (Å²) >= 11 is 6.31. The average Bonchev–Trinajstić information content (AvgIpc) is 2.63. The molecule has 1 atom stereocenters. The number of aromatic nitrogens is 1. The summed E-state index contributed by atoms with van der Waals surface area (Å²) in [5.41, 5.74) is 0.884. The third-order valence-electron chi connectivity index (χ3n) is 5.05. The van der Waals surface area contributed by atoms with Gasteiger partial charge >= 0.3 is 12.1 Å². The second kappa shape index (κ2) is 8.09. The Labute approximate surface area is 166 Å². The molecule has 1 unspecified atom stereocenters. The van der Waals surface area contributed by atoms with Gasteiger partial charge in [0.05, 0.1) is 23.2 Å². The molecule has 0 amide bonds. The first kappa shape index (κ1) is 20.6. The molecule has 1 aromatic carbocycles. The number of hydrogen-bond donors (Lipinski definition) is 1. The molecule has 0 bridgehead atoms. The smallest absolute Gasteiger partial charge is 0.416 e. The van der Waals surface area contributed by atoms with Gasteiger partial charge in [0.1, 0.15) is 0 Å². The zero-order chi connectivity index (χ0) is 20.5. The molecule has 28 heavy (non-hydrogen) atoms. The van der Waals surface area contributed by atoms with Crippen LogP contribution in [0.5, 0.6) is 0 Å². The maximum absolute atomic E-state index is 13.3. The number of hydrogen-bond acceptors (Lipinski definition) is 3. The van der Waals surface area contributed by atoms with Crippen molar-refractivity contribution in [1.82, 2.24) is 9.88 Å². The standard InChI is InChI=1S/C20H20ClF3N2O2/c1-12-3-2-4-17(25-12)18(26-9-7-13(8-10-26)19(27)28)15-11-14(20(22,23)24)5-6-16(15)21/h2-6,11,13,18H,7-10H2,1H3,(H,27,28). The third kappa shape index (κ3) is 4.47. The number of carboxylic acids is 1. The van der Waals surface area contributed by atoms with E-state index in [2.05, 4.69) is 4.98 Å². The third-order valence-corrected chi connectivity index (χ3v) is 5.40. The molecule has 2 heterocycles. The lowest BCUT2D eigenvalue weighted by Crippen LogP contribution is -2.39. The summed E-state index contributed by atoms with van der Waals surface area (Å²) in [5.74, 6) is -1.29. The number of carbonyl (C=O) groups is 1. The number of carboxylic acid groups (broad SMARTS) is 1. The Kier molecular flexibility index (Phi) is 5.95. The molecular weight excluding hydrogens is 393 g/mol. The van der Waals surface area contributed by atoms with Crippen LogP contribution in [-0.4, -0.2) is 34.0 Å². The fourth-order valence-electron chi connectivity index (χ4n) is 3.59. The van der Waals surface area contributed by atoms with E-state index in [-0.39, 0.29) is 5.02 Å². The van der Waals surface area contributed by atoms with Gasteiger partial charge in [-0.25, -0.2) is 0 Å². The maximum Gasteiger partial charge on any atom is 0.416 e. The summed E-state index contributed by atoms with van der Waals surface area (Å²) in [6.07, 6.45) is -3.64. The number of rotatable bonds is 4. The van der Waals surface area contributed by atoms with Gasteiger partial charge in [-0.2, -0.15) is 13.2 Å². The fraction of sp³-hybridized carbons (Fsp3) is 0.400. The number of benzene rings is 1. The molecule has 0 saturated carbocycles. The minimum absolute atomic E-state index is 0.224. The van der Waals surface area contributed by atoms with Crippen molar-refractivity contribution in [3.05, 3.63) is 63.9 Å². The van der Waals surface area contributed by atoms with Gasteiger partial charge in [0.2, 0.25) is 0 Å². The average molecular weight is 413 g/mol. The lowest BCUT2D eigenvalue weighted by molar-refractivity contribution is -0.143. The molecular formula is C20H20ClF3N2O2. The predicted molar refractivity (Wildman–Crippen MR) is 99.2 cm³/mol. The Hall–Kier alpha value is -2.12. The second-order valence-corrected chi connectivity index (χ2v) is 7.40. The lowest BCUT2D eigenvalue weighted by Gasteiger charge is -2.37. The zero-order valence-electron chi connectivity index (χ0n) is 15.2. The van der Waals surface area contributed by atoms with Gasteiger partial charge in [-0.3, -0.25) is 14.7 Å². The molecule has 1 aliphatic heterocycles. The van der Waals surface area contributed by atoms with Crippen LogP contribution in [0.4, 0.5) is 13.2 Å².